The van der Waals surface area contributed by atoms with Gasteiger partial charge >= 0.3 is 0 Å². The highest BCUT2D eigenvalue weighted by Gasteiger charge is 2.24. The van der Waals surface area contributed by atoms with Crippen molar-refractivity contribution in [1.82, 2.24) is 9.80 Å². The first-order valence-electron chi connectivity index (χ1n) is 9.66. The predicted molar refractivity (Wildman–Crippen MR) is 108 cm³/mol. The fraction of sp³-hybridized carbons (Fsp3) is 0.409. The molecule has 0 bridgehead atoms. The van der Waals surface area contributed by atoms with Gasteiger partial charge in [0.2, 0.25) is 5.91 Å². The van der Waals surface area contributed by atoms with Crippen LogP contribution in [0.25, 0.3) is 0 Å². The van der Waals surface area contributed by atoms with Crippen LogP contribution in [-0.4, -0.2) is 48.7 Å². The topological polar surface area (TPSA) is 42.0 Å². The first-order valence-corrected chi connectivity index (χ1v) is 10.0. The molecule has 2 aliphatic rings. The van der Waals surface area contributed by atoms with E-state index in [2.05, 4.69) is 17.9 Å². The maximum absolute atomic E-state index is 12.7. The molecule has 1 amide bonds. The van der Waals surface area contributed by atoms with E-state index in [1.807, 2.05) is 35.2 Å². The van der Waals surface area contributed by atoms with E-state index < -0.39 is 0 Å². The fourth-order valence-electron chi connectivity index (χ4n) is 3.85. The number of carbonyl (C=O) groups excluding carboxylic acids is 1. The molecule has 0 saturated carbocycles. The van der Waals surface area contributed by atoms with Crippen molar-refractivity contribution >= 4 is 17.5 Å². The highest BCUT2D eigenvalue weighted by molar-refractivity contribution is 6.30. The van der Waals surface area contributed by atoms with Crippen LogP contribution in [0, 0.1) is 6.92 Å². The van der Waals surface area contributed by atoms with E-state index in [9.17, 15) is 4.79 Å². The monoisotopic (exact) mass is 400 g/mol. The van der Waals surface area contributed by atoms with E-state index in [1.54, 1.807) is 0 Å². The van der Waals surface area contributed by atoms with E-state index in [-0.39, 0.29) is 12.7 Å². The lowest BCUT2D eigenvalue weighted by molar-refractivity contribution is -0.132. The van der Waals surface area contributed by atoms with E-state index in [0.29, 0.717) is 18.1 Å². The Kier molecular flexibility index (Phi) is 5.85. The Balaban J connectivity index is 1.35. The van der Waals surface area contributed by atoms with Crippen LogP contribution in [0.4, 0.5) is 0 Å². The van der Waals surface area contributed by atoms with Gasteiger partial charge in [-0.1, -0.05) is 35.9 Å². The molecule has 2 heterocycles. The normalized spacial score (nSPS) is 17.1. The standard InChI is InChI=1S/C22H25ClN2O3/c1-16-4-2-3-5-17(16)12-21(26)25-8-6-24(7-9-25)13-18-10-20(23)11-19-14-27-15-28-22(18)19/h2-5,10-11H,6-9,12-15H2,1H3. The third-order valence-electron chi connectivity index (χ3n) is 5.47. The van der Waals surface area contributed by atoms with Gasteiger partial charge in [0.15, 0.2) is 6.79 Å². The molecule has 0 N–H and O–H groups in total. The fourth-order valence-corrected chi connectivity index (χ4v) is 4.12. The number of rotatable bonds is 4. The third kappa shape index (κ3) is 4.32. The Morgan fingerprint density at radius 1 is 1.11 bits per heavy atom. The lowest BCUT2D eigenvalue weighted by Gasteiger charge is -2.35. The zero-order valence-electron chi connectivity index (χ0n) is 16.1. The summed E-state index contributed by atoms with van der Waals surface area (Å²) in [5.74, 6) is 1.10. The molecule has 1 fully saturated rings. The number of aryl methyl sites for hydroxylation is 1. The highest BCUT2D eigenvalue weighted by atomic mass is 35.5. The third-order valence-corrected chi connectivity index (χ3v) is 5.69. The van der Waals surface area contributed by atoms with Crippen molar-refractivity contribution in [3.8, 4) is 5.75 Å². The van der Waals surface area contributed by atoms with Crippen LogP contribution in [0.15, 0.2) is 36.4 Å². The van der Waals surface area contributed by atoms with Crippen LogP contribution in [0.2, 0.25) is 5.02 Å². The van der Waals surface area contributed by atoms with Gasteiger partial charge in [0.05, 0.1) is 13.0 Å². The van der Waals surface area contributed by atoms with Crippen LogP contribution >= 0.6 is 11.6 Å². The summed E-state index contributed by atoms with van der Waals surface area (Å²) in [6.07, 6.45) is 0.475. The summed E-state index contributed by atoms with van der Waals surface area (Å²) in [7, 11) is 0. The molecule has 4 rings (SSSR count). The van der Waals surface area contributed by atoms with Crippen molar-refractivity contribution in [2.24, 2.45) is 0 Å². The van der Waals surface area contributed by atoms with Gasteiger partial charge in [-0.2, -0.15) is 0 Å². The van der Waals surface area contributed by atoms with Crippen molar-refractivity contribution in [3.05, 3.63) is 63.7 Å². The molecule has 0 aromatic heterocycles. The number of piperazine rings is 1. The maximum Gasteiger partial charge on any atom is 0.227 e. The molecular formula is C22H25ClN2O3. The minimum Gasteiger partial charge on any atom is -0.467 e. The van der Waals surface area contributed by atoms with E-state index in [4.69, 9.17) is 21.1 Å². The van der Waals surface area contributed by atoms with E-state index in [1.165, 1.54) is 5.56 Å². The second-order valence-corrected chi connectivity index (χ2v) is 7.86. The van der Waals surface area contributed by atoms with Gasteiger partial charge in [-0.15, -0.1) is 0 Å². The van der Waals surface area contributed by atoms with Gasteiger partial charge in [-0.3, -0.25) is 9.69 Å². The molecule has 2 aliphatic heterocycles. The van der Waals surface area contributed by atoms with Crippen LogP contribution < -0.4 is 4.74 Å². The number of benzene rings is 2. The summed E-state index contributed by atoms with van der Waals surface area (Å²) in [5, 5.41) is 0.704. The summed E-state index contributed by atoms with van der Waals surface area (Å²) in [4.78, 5) is 17.0. The molecule has 0 aliphatic carbocycles. The number of amides is 1. The van der Waals surface area contributed by atoms with Crippen molar-refractivity contribution in [1.29, 1.82) is 0 Å². The van der Waals surface area contributed by atoms with Crippen molar-refractivity contribution in [2.45, 2.75) is 26.5 Å². The van der Waals surface area contributed by atoms with Gasteiger partial charge in [0, 0.05) is 48.9 Å². The quantitative estimate of drug-likeness (QED) is 0.788. The predicted octanol–water partition coefficient (Wildman–Crippen LogP) is 3.40. The number of ether oxygens (including phenoxy) is 2. The Morgan fingerprint density at radius 2 is 1.89 bits per heavy atom. The summed E-state index contributed by atoms with van der Waals surface area (Å²) < 4.78 is 11.1. The highest BCUT2D eigenvalue weighted by Crippen LogP contribution is 2.32. The lowest BCUT2D eigenvalue weighted by Crippen LogP contribution is -2.48. The number of hydrogen-bond acceptors (Lipinski definition) is 4. The molecule has 0 atom stereocenters. The molecule has 2 aromatic rings. The zero-order chi connectivity index (χ0) is 19.5. The lowest BCUT2D eigenvalue weighted by atomic mass is 10.0. The van der Waals surface area contributed by atoms with E-state index >= 15 is 0 Å². The molecule has 28 heavy (non-hydrogen) atoms. The van der Waals surface area contributed by atoms with Crippen molar-refractivity contribution in [3.63, 3.8) is 0 Å². The van der Waals surface area contributed by atoms with Crippen LogP contribution in [0.5, 0.6) is 5.75 Å². The first kappa shape index (κ1) is 19.2. The molecule has 5 nitrogen and oxygen atoms in total. The Bertz CT molecular complexity index is 863. The molecule has 148 valence electrons. The van der Waals surface area contributed by atoms with Gasteiger partial charge in [0.1, 0.15) is 5.75 Å². The van der Waals surface area contributed by atoms with Gasteiger partial charge in [-0.05, 0) is 30.2 Å². The van der Waals surface area contributed by atoms with Crippen LogP contribution in [-0.2, 0) is 29.1 Å². The van der Waals surface area contributed by atoms with Crippen LogP contribution in [0.1, 0.15) is 22.3 Å². The first-order chi connectivity index (χ1) is 13.6. The number of halogens is 1. The maximum atomic E-state index is 12.7. The molecule has 6 heteroatoms. The number of fused-ring (bicyclic) bond motifs is 1. The average molecular weight is 401 g/mol. The molecule has 2 aromatic carbocycles. The molecule has 0 radical (unpaired) electrons. The molecule has 1 saturated heterocycles. The van der Waals surface area contributed by atoms with E-state index in [0.717, 1.165) is 55.2 Å². The van der Waals surface area contributed by atoms with Crippen molar-refractivity contribution in [2.75, 3.05) is 33.0 Å². The van der Waals surface area contributed by atoms with Crippen LogP contribution in [0.3, 0.4) is 0 Å². The SMILES string of the molecule is Cc1ccccc1CC(=O)N1CCN(Cc2cc(Cl)cc3c2OCOC3)CC1. The van der Waals surface area contributed by atoms with Gasteiger partial charge in [0.25, 0.3) is 0 Å². The minimum absolute atomic E-state index is 0.203. The average Bonchev–Trinajstić information content (AvgIpc) is 2.70. The Hall–Kier alpha value is -2.08. The number of nitrogens with zero attached hydrogens (tertiary/aromatic N) is 2. The molecule has 0 unspecified atom stereocenters. The second kappa shape index (κ2) is 8.52. The van der Waals surface area contributed by atoms with Crippen molar-refractivity contribution < 1.29 is 14.3 Å². The minimum atomic E-state index is 0.203. The molecular weight excluding hydrogens is 376 g/mol. The summed E-state index contributed by atoms with van der Waals surface area (Å²) >= 11 is 6.27. The van der Waals surface area contributed by atoms with Gasteiger partial charge < -0.3 is 14.4 Å². The smallest absolute Gasteiger partial charge is 0.227 e. The molecule has 0 spiro atoms. The summed E-state index contributed by atoms with van der Waals surface area (Å²) in [6, 6.07) is 12.0. The number of hydrogen-bond donors (Lipinski definition) is 0. The summed E-state index contributed by atoms with van der Waals surface area (Å²) in [5.41, 5.74) is 4.37. The second-order valence-electron chi connectivity index (χ2n) is 7.42. The van der Waals surface area contributed by atoms with Gasteiger partial charge in [-0.25, -0.2) is 0 Å². The largest absolute Gasteiger partial charge is 0.467 e. The zero-order valence-corrected chi connectivity index (χ0v) is 16.9. The summed E-state index contributed by atoms with van der Waals surface area (Å²) in [6.45, 7) is 6.82. The Morgan fingerprint density at radius 3 is 2.68 bits per heavy atom. The number of carbonyl (C=O) groups is 1. The Labute approximate surface area is 170 Å².